The van der Waals surface area contributed by atoms with E-state index in [1.807, 2.05) is 43.3 Å². The van der Waals surface area contributed by atoms with Gasteiger partial charge < -0.3 is 5.32 Å². The van der Waals surface area contributed by atoms with Crippen LogP contribution in [0.2, 0.25) is 0 Å². The van der Waals surface area contributed by atoms with Gasteiger partial charge in [-0.05, 0) is 31.0 Å². The Labute approximate surface area is 160 Å². The molecule has 5 heteroatoms. The van der Waals surface area contributed by atoms with Crippen molar-refractivity contribution < 1.29 is 4.79 Å². The first-order valence-corrected chi connectivity index (χ1v) is 9.95. The zero-order valence-corrected chi connectivity index (χ0v) is 16.5. The largest absolute Gasteiger partial charge is 0.325 e. The number of anilines is 1. The summed E-state index contributed by atoms with van der Waals surface area (Å²) in [5.41, 5.74) is 5.18. The van der Waals surface area contributed by atoms with Gasteiger partial charge in [-0.3, -0.25) is 4.79 Å². The number of nitrogens with one attached hydrogen (secondary N) is 1. The quantitative estimate of drug-likeness (QED) is 0.528. The maximum Gasteiger partial charge on any atom is 0.238 e. The van der Waals surface area contributed by atoms with Crippen LogP contribution >= 0.6 is 27.3 Å². The van der Waals surface area contributed by atoms with Crippen molar-refractivity contribution in [3.63, 3.8) is 0 Å². The van der Waals surface area contributed by atoms with Crippen molar-refractivity contribution in [2.45, 2.75) is 25.1 Å². The third-order valence-corrected chi connectivity index (χ3v) is 5.91. The highest BCUT2D eigenvalue weighted by molar-refractivity contribution is 9.10. The van der Waals surface area contributed by atoms with Crippen LogP contribution in [-0.4, -0.2) is 15.7 Å². The minimum absolute atomic E-state index is 0.0225. The maximum absolute atomic E-state index is 11.9. The third-order valence-electron chi connectivity index (χ3n) is 3.97. The fraction of sp³-hybridized carbons (Fsp3) is 0.200. The number of carbonyl (C=O) groups excluding carboxylic acids is 1. The van der Waals surface area contributed by atoms with Gasteiger partial charge in [0.1, 0.15) is 5.01 Å². The lowest BCUT2D eigenvalue weighted by atomic mass is 10.1. The Hall–Kier alpha value is -1.98. The molecule has 1 heterocycles. The summed E-state index contributed by atoms with van der Waals surface area (Å²) in [5.74, 6) is -0.0225. The van der Waals surface area contributed by atoms with Crippen LogP contribution in [-0.2, 0) is 4.79 Å². The van der Waals surface area contributed by atoms with Gasteiger partial charge in [0.2, 0.25) is 5.91 Å². The SMILES string of the molecule is CCC(Br)C(=O)Nc1ccc(-c2csc(-c3ccccc3C)n2)cc1. The van der Waals surface area contributed by atoms with E-state index in [1.165, 1.54) is 11.1 Å². The highest BCUT2D eigenvalue weighted by Gasteiger charge is 2.13. The van der Waals surface area contributed by atoms with Gasteiger partial charge in [0, 0.05) is 22.2 Å². The van der Waals surface area contributed by atoms with Gasteiger partial charge in [-0.2, -0.15) is 0 Å². The van der Waals surface area contributed by atoms with Crippen LogP contribution in [0.3, 0.4) is 0 Å². The van der Waals surface area contributed by atoms with E-state index in [2.05, 4.69) is 45.7 Å². The van der Waals surface area contributed by atoms with Crippen LogP contribution in [0, 0.1) is 6.92 Å². The average Bonchev–Trinajstić information content (AvgIpc) is 3.11. The van der Waals surface area contributed by atoms with Gasteiger partial charge in [0.05, 0.1) is 10.5 Å². The van der Waals surface area contributed by atoms with Gasteiger partial charge in [-0.15, -0.1) is 11.3 Å². The number of hydrogen-bond acceptors (Lipinski definition) is 3. The molecule has 0 fully saturated rings. The molecule has 1 amide bonds. The second kappa shape index (κ2) is 7.93. The van der Waals surface area contributed by atoms with Gasteiger partial charge in [0.15, 0.2) is 0 Å². The summed E-state index contributed by atoms with van der Waals surface area (Å²) in [6, 6.07) is 16.1. The number of halogens is 1. The normalized spacial score (nSPS) is 12.0. The summed E-state index contributed by atoms with van der Waals surface area (Å²) in [6.07, 6.45) is 0.754. The first-order chi connectivity index (χ1) is 12.1. The lowest BCUT2D eigenvalue weighted by molar-refractivity contribution is -0.115. The maximum atomic E-state index is 11.9. The van der Waals surface area contributed by atoms with Crippen molar-refractivity contribution in [1.82, 2.24) is 4.98 Å². The summed E-state index contributed by atoms with van der Waals surface area (Å²) in [6.45, 7) is 4.07. The standard InChI is InChI=1S/C20H19BrN2OS/c1-3-17(21)19(24)22-15-10-8-14(9-11-15)18-12-25-20(23-18)16-7-5-4-6-13(16)2/h4-12,17H,3H2,1-2H3,(H,22,24). The molecule has 3 nitrogen and oxygen atoms in total. The number of thiazole rings is 1. The van der Waals surface area contributed by atoms with Crippen LogP contribution in [0.5, 0.6) is 0 Å². The number of alkyl halides is 1. The fourth-order valence-corrected chi connectivity index (χ4v) is 3.51. The predicted octanol–water partition coefficient (Wildman–Crippen LogP) is 5.90. The zero-order chi connectivity index (χ0) is 17.8. The fourth-order valence-electron chi connectivity index (χ4n) is 2.47. The number of benzene rings is 2. The molecule has 0 aliphatic heterocycles. The second-order valence-electron chi connectivity index (χ2n) is 5.80. The molecular weight excluding hydrogens is 396 g/mol. The average molecular weight is 415 g/mol. The van der Waals surface area contributed by atoms with Crippen LogP contribution in [0.25, 0.3) is 21.8 Å². The van der Waals surface area contributed by atoms with Crippen LogP contribution in [0.15, 0.2) is 53.9 Å². The molecule has 1 unspecified atom stereocenters. The van der Waals surface area contributed by atoms with Crippen molar-refractivity contribution in [2.75, 3.05) is 5.32 Å². The molecule has 128 valence electrons. The number of hydrogen-bond donors (Lipinski definition) is 1. The topological polar surface area (TPSA) is 42.0 Å². The highest BCUT2D eigenvalue weighted by atomic mass is 79.9. The smallest absolute Gasteiger partial charge is 0.238 e. The van der Waals surface area contributed by atoms with Crippen molar-refractivity contribution >= 4 is 38.9 Å². The Morgan fingerprint density at radius 3 is 2.60 bits per heavy atom. The van der Waals surface area contributed by atoms with Gasteiger partial charge in [-0.1, -0.05) is 59.3 Å². The second-order valence-corrected chi connectivity index (χ2v) is 7.76. The first-order valence-electron chi connectivity index (χ1n) is 8.15. The first kappa shape index (κ1) is 17.8. The van der Waals surface area contributed by atoms with Gasteiger partial charge in [0.25, 0.3) is 0 Å². The van der Waals surface area contributed by atoms with E-state index < -0.39 is 0 Å². The molecule has 3 aromatic rings. The molecule has 2 aromatic carbocycles. The minimum atomic E-state index is -0.164. The van der Waals surface area contributed by atoms with E-state index in [1.54, 1.807) is 11.3 Å². The number of amides is 1. The monoisotopic (exact) mass is 414 g/mol. The minimum Gasteiger partial charge on any atom is -0.325 e. The Bertz CT molecular complexity index is 873. The van der Waals surface area contributed by atoms with E-state index >= 15 is 0 Å². The van der Waals surface area contributed by atoms with Crippen molar-refractivity contribution in [3.05, 3.63) is 59.5 Å². The molecule has 1 atom stereocenters. The molecule has 0 bridgehead atoms. The van der Waals surface area contributed by atoms with Crippen LogP contribution < -0.4 is 5.32 Å². The number of nitrogens with zero attached hydrogens (tertiary/aromatic N) is 1. The van der Waals surface area contributed by atoms with E-state index in [0.717, 1.165) is 28.4 Å². The van der Waals surface area contributed by atoms with Crippen molar-refractivity contribution in [3.8, 4) is 21.8 Å². The third kappa shape index (κ3) is 4.17. The summed E-state index contributed by atoms with van der Waals surface area (Å²) in [5, 5.41) is 6.00. The predicted molar refractivity (Wildman–Crippen MR) is 109 cm³/mol. The Morgan fingerprint density at radius 2 is 1.92 bits per heavy atom. The molecule has 0 aliphatic rings. The molecule has 0 radical (unpaired) electrons. The van der Waals surface area contributed by atoms with E-state index in [4.69, 9.17) is 4.98 Å². The molecule has 3 rings (SSSR count). The van der Waals surface area contributed by atoms with Crippen LogP contribution in [0.4, 0.5) is 5.69 Å². The van der Waals surface area contributed by atoms with E-state index in [9.17, 15) is 4.79 Å². The Kier molecular flexibility index (Phi) is 5.66. The lowest BCUT2D eigenvalue weighted by Crippen LogP contribution is -2.21. The Morgan fingerprint density at radius 1 is 1.20 bits per heavy atom. The molecule has 1 N–H and O–H groups in total. The molecule has 0 saturated heterocycles. The molecule has 1 aromatic heterocycles. The van der Waals surface area contributed by atoms with Gasteiger partial charge in [-0.25, -0.2) is 4.98 Å². The van der Waals surface area contributed by atoms with Crippen molar-refractivity contribution in [2.24, 2.45) is 0 Å². The Balaban J connectivity index is 1.77. The van der Waals surface area contributed by atoms with E-state index in [-0.39, 0.29) is 10.7 Å². The number of carbonyl (C=O) groups is 1. The van der Waals surface area contributed by atoms with E-state index in [0.29, 0.717) is 0 Å². The summed E-state index contributed by atoms with van der Waals surface area (Å²) >= 11 is 5.01. The molecule has 0 saturated carbocycles. The molecular formula is C20H19BrN2OS. The number of aryl methyl sites for hydroxylation is 1. The summed E-state index contributed by atoms with van der Waals surface area (Å²) in [7, 11) is 0. The van der Waals surface area contributed by atoms with Gasteiger partial charge >= 0.3 is 0 Å². The van der Waals surface area contributed by atoms with Crippen molar-refractivity contribution in [1.29, 1.82) is 0 Å². The summed E-state index contributed by atoms with van der Waals surface area (Å²) in [4.78, 5) is 16.5. The summed E-state index contributed by atoms with van der Waals surface area (Å²) < 4.78 is 0. The zero-order valence-electron chi connectivity index (χ0n) is 14.1. The highest BCUT2D eigenvalue weighted by Crippen LogP contribution is 2.31. The number of aromatic nitrogens is 1. The van der Waals surface area contributed by atoms with Crippen LogP contribution in [0.1, 0.15) is 18.9 Å². The molecule has 0 spiro atoms. The lowest BCUT2D eigenvalue weighted by Gasteiger charge is -2.09. The molecule has 0 aliphatic carbocycles. The molecule has 25 heavy (non-hydrogen) atoms. The number of rotatable bonds is 5.